The van der Waals surface area contributed by atoms with Crippen molar-refractivity contribution in [3.8, 4) is 11.5 Å². The first-order valence-corrected chi connectivity index (χ1v) is 10.6. The van der Waals surface area contributed by atoms with Crippen LogP contribution in [0.1, 0.15) is 39.8 Å². The second-order valence-electron chi connectivity index (χ2n) is 6.92. The molecule has 2 aliphatic rings. The van der Waals surface area contributed by atoms with E-state index in [1.165, 1.54) is 0 Å². The molecule has 144 valence electrons. The topological polar surface area (TPSA) is 99.5 Å². The van der Waals surface area contributed by atoms with E-state index in [4.69, 9.17) is 9.47 Å². The number of ether oxygens (including phenoxy) is 2. The molecule has 2 aliphatic heterocycles. The Hall–Kier alpha value is -2.55. The summed E-state index contributed by atoms with van der Waals surface area (Å²) < 4.78 is 35.8. The maximum Gasteiger partial charge on any atom is 0.255 e. The van der Waals surface area contributed by atoms with Gasteiger partial charge in [0.15, 0.2) is 21.3 Å². The molecule has 1 aromatic carbocycles. The smallest absolute Gasteiger partial charge is 0.255 e. The highest BCUT2D eigenvalue weighted by Crippen LogP contribution is 2.32. The van der Waals surface area contributed by atoms with Crippen molar-refractivity contribution in [1.29, 1.82) is 0 Å². The average molecular weight is 391 g/mol. The number of aryl methyl sites for hydroxylation is 1. The summed E-state index contributed by atoms with van der Waals surface area (Å²) in [5.74, 6) is 1.39. The molecule has 1 fully saturated rings. The number of fused-ring (bicyclic) bond motifs is 1. The number of aromatic nitrogens is 2. The summed E-state index contributed by atoms with van der Waals surface area (Å²) in [6.45, 7) is 4.12. The van der Waals surface area contributed by atoms with E-state index in [-0.39, 0.29) is 30.2 Å². The van der Waals surface area contributed by atoms with E-state index in [0.717, 1.165) is 5.56 Å². The molecule has 0 radical (unpaired) electrons. The largest absolute Gasteiger partial charge is 0.454 e. The minimum Gasteiger partial charge on any atom is -0.454 e. The summed E-state index contributed by atoms with van der Waals surface area (Å²) in [4.78, 5) is 12.7. The molecule has 27 heavy (non-hydrogen) atoms. The van der Waals surface area contributed by atoms with Gasteiger partial charge in [0.2, 0.25) is 6.79 Å². The zero-order valence-electron chi connectivity index (χ0n) is 15.2. The second-order valence-corrected chi connectivity index (χ2v) is 9.15. The third kappa shape index (κ3) is 3.39. The predicted octanol–water partition coefficient (Wildman–Crippen LogP) is 1.52. The molecule has 0 bridgehead atoms. The van der Waals surface area contributed by atoms with Gasteiger partial charge in [-0.2, -0.15) is 5.10 Å². The number of nitrogens with one attached hydrogen (secondary N) is 1. The Labute approximate surface area is 157 Å². The number of hydrogen-bond acceptors (Lipinski definition) is 6. The van der Waals surface area contributed by atoms with Gasteiger partial charge < -0.3 is 14.8 Å². The summed E-state index contributed by atoms with van der Waals surface area (Å²) in [6, 6.07) is 5.33. The highest BCUT2D eigenvalue weighted by atomic mass is 32.2. The maximum absolute atomic E-state index is 12.7. The molecule has 8 nitrogen and oxygen atoms in total. The molecule has 1 amide bonds. The molecule has 1 saturated heterocycles. The molecule has 4 rings (SSSR count). The van der Waals surface area contributed by atoms with Crippen LogP contribution in [0.15, 0.2) is 18.2 Å². The van der Waals surface area contributed by atoms with Crippen LogP contribution in [0, 0.1) is 13.8 Å². The van der Waals surface area contributed by atoms with Gasteiger partial charge in [-0.05, 0) is 38.0 Å². The zero-order valence-corrected chi connectivity index (χ0v) is 16.0. The number of rotatable bonds is 4. The van der Waals surface area contributed by atoms with Gasteiger partial charge in [-0.25, -0.2) is 8.42 Å². The minimum atomic E-state index is -3.02. The second kappa shape index (κ2) is 6.56. The van der Waals surface area contributed by atoms with Crippen LogP contribution >= 0.6 is 0 Å². The number of nitrogens with zero attached hydrogens (tertiary/aromatic N) is 2. The Morgan fingerprint density at radius 3 is 2.81 bits per heavy atom. The number of hydrogen-bond donors (Lipinski definition) is 1. The third-order valence-electron chi connectivity index (χ3n) is 5.00. The minimum absolute atomic E-state index is 0.0766. The van der Waals surface area contributed by atoms with E-state index >= 15 is 0 Å². The molecule has 2 aromatic rings. The Bertz CT molecular complexity index is 1010. The van der Waals surface area contributed by atoms with Crippen LogP contribution in [0.3, 0.4) is 0 Å². The summed E-state index contributed by atoms with van der Waals surface area (Å²) in [6.07, 6.45) is 0.530. The van der Waals surface area contributed by atoms with Crippen LogP contribution in [0.2, 0.25) is 0 Å². The van der Waals surface area contributed by atoms with Gasteiger partial charge >= 0.3 is 0 Å². The lowest BCUT2D eigenvalue weighted by molar-refractivity contribution is 0.0949. The lowest BCUT2D eigenvalue weighted by atomic mass is 10.1. The molecule has 1 aromatic heterocycles. The first kappa shape index (κ1) is 17.8. The van der Waals surface area contributed by atoms with Crippen molar-refractivity contribution in [2.24, 2.45) is 0 Å². The van der Waals surface area contributed by atoms with Crippen molar-refractivity contribution >= 4 is 15.7 Å². The van der Waals surface area contributed by atoms with Crippen molar-refractivity contribution in [1.82, 2.24) is 15.1 Å². The van der Waals surface area contributed by atoms with Gasteiger partial charge in [-0.15, -0.1) is 0 Å². The Kier molecular flexibility index (Phi) is 4.33. The molecule has 0 spiro atoms. The van der Waals surface area contributed by atoms with E-state index in [0.29, 0.717) is 41.4 Å². The van der Waals surface area contributed by atoms with Gasteiger partial charge in [-0.1, -0.05) is 6.07 Å². The number of sulfone groups is 1. The van der Waals surface area contributed by atoms with Gasteiger partial charge in [0.25, 0.3) is 5.91 Å². The fourth-order valence-electron chi connectivity index (χ4n) is 3.64. The molecule has 1 N–H and O–H groups in total. The molecular formula is C18H21N3O5S. The first-order valence-electron chi connectivity index (χ1n) is 8.77. The van der Waals surface area contributed by atoms with Gasteiger partial charge in [0.05, 0.1) is 28.8 Å². The standard InChI is InChI=1S/C18H21N3O5S/c1-11-17(12(2)21(20-11)14-5-6-27(23,24)9-14)18(22)19-8-13-3-4-15-16(7-13)26-10-25-15/h3-4,7,14H,5-6,8-10H2,1-2H3,(H,19,22). The lowest BCUT2D eigenvalue weighted by Gasteiger charge is -2.11. The monoisotopic (exact) mass is 391 g/mol. The van der Waals surface area contributed by atoms with E-state index in [1.54, 1.807) is 18.5 Å². The molecular weight excluding hydrogens is 370 g/mol. The highest BCUT2D eigenvalue weighted by Gasteiger charge is 2.32. The Morgan fingerprint density at radius 1 is 1.30 bits per heavy atom. The van der Waals surface area contributed by atoms with Crippen LogP contribution < -0.4 is 14.8 Å². The number of carbonyl (C=O) groups is 1. The summed E-state index contributed by atoms with van der Waals surface area (Å²) in [7, 11) is -3.02. The Morgan fingerprint density at radius 2 is 2.07 bits per heavy atom. The van der Waals surface area contributed by atoms with Gasteiger partial charge in [0.1, 0.15) is 0 Å². The van der Waals surface area contributed by atoms with E-state index < -0.39 is 9.84 Å². The lowest BCUT2D eigenvalue weighted by Crippen LogP contribution is -2.24. The molecule has 1 unspecified atom stereocenters. The molecule has 0 aliphatic carbocycles. The Balaban J connectivity index is 1.49. The molecule has 9 heteroatoms. The number of benzene rings is 1. The van der Waals surface area contributed by atoms with Crippen molar-refractivity contribution in [2.75, 3.05) is 18.3 Å². The molecule has 3 heterocycles. The van der Waals surface area contributed by atoms with E-state index in [2.05, 4.69) is 10.4 Å². The normalized spacial score (nSPS) is 20.0. The maximum atomic E-state index is 12.7. The van der Waals surface area contributed by atoms with Crippen molar-refractivity contribution in [3.63, 3.8) is 0 Å². The van der Waals surface area contributed by atoms with Crippen LogP contribution in [0.4, 0.5) is 0 Å². The van der Waals surface area contributed by atoms with Crippen LogP contribution in [-0.2, 0) is 16.4 Å². The zero-order chi connectivity index (χ0) is 19.2. The number of carbonyl (C=O) groups excluding carboxylic acids is 1. The van der Waals surface area contributed by atoms with Crippen LogP contribution in [-0.4, -0.2) is 42.4 Å². The van der Waals surface area contributed by atoms with Crippen LogP contribution in [0.25, 0.3) is 0 Å². The van der Waals surface area contributed by atoms with Crippen molar-refractivity contribution in [2.45, 2.75) is 32.9 Å². The average Bonchev–Trinajstić information content (AvgIpc) is 3.29. The third-order valence-corrected chi connectivity index (χ3v) is 6.75. The number of amides is 1. The summed E-state index contributed by atoms with van der Waals surface area (Å²) in [5.41, 5.74) is 2.69. The molecule has 0 saturated carbocycles. The van der Waals surface area contributed by atoms with Crippen molar-refractivity contribution in [3.05, 3.63) is 40.7 Å². The first-order chi connectivity index (χ1) is 12.8. The SMILES string of the molecule is Cc1nn(C2CCS(=O)(=O)C2)c(C)c1C(=O)NCc1ccc2c(c1)OCO2. The highest BCUT2D eigenvalue weighted by molar-refractivity contribution is 7.91. The predicted molar refractivity (Wildman–Crippen MR) is 97.7 cm³/mol. The van der Waals surface area contributed by atoms with Gasteiger partial charge in [-0.3, -0.25) is 9.48 Å². The summed E-state index contributed by atoms with van der Waals surface area (Å²) in [5, 5.41) is 7.34. The van der Waals surface area contributed by atoms with E-state index in [1.807, 2.05) is 18.2 Å². The fraction of sp³-hybridized carbons (Fsp3) is 0.444. The van der Waals surface area contributed by atoms with Gasteiger partial charge in [0, 0.05) is 12.2 Å². The van der Waals surface area contributed by atoms with Crippen LogP contribution in [0.5, 0.6) is 11.5 Å². The quantitative estimate of drug-likeness (QED) is 0.848. The summed E-state index contributed by atoms with van der Waals surface area (Å²) >= 11 is 0. The molecule has 1 atom stereocenters. The van der Waals surface area contributed by atoms with E-state index in [9.17, 15) is 13.2 Å². The fourth-order valence-corrected chi connectivity index (χ4v) is 5.33. The van der Waals surface area contributed by atoms with Crippen molar-refractivity contribution < 1.29 is 22.7 Å².